The summed E-state index contributed by atoms with van der Waals surface area (Å²) in [5, 5.41) is 2.35. The Bertz CT molecular complexity index is 432. The molecule has 0 aliphatic carbocycles. The van der Waals surface area contributed by atoms with Gasteiger partial charge in [0.1, 0.15) is 11.6 Å². The predicted octanol–water partition coefficient (Wildman–Crippen LogP) is 0.648. The van der Waals surface area contributed by atoms with E-state index in [0.29, 0.717) is 19.4 Å². The molecule has 1 aliphatic heterocycles. The molecule has 1 heterocycles. The molecule has 0 radical (unpaired) electrons. The summed E-state index contributed by atoms with van der Waals surface area (Å²) in [6, 6.07) is -0.643. The molecule has 1 rings (SSSR count). The van der Waals surface area contributed by atoms with Crippen molar-refractivity contribution >= 4 is 18.0 Å². The minimum absolute atomic E-state index is 0.411. The van der Waals surface area contributed by atoms with Crippen LogP contribution in [0.25, 0.3) is 0 Å². The Kier molecular flexibility index (Phi) is 6.16. The van der Waals surface area contributed by atoms with Crippen LogP contribution in [0.1, 0.15) is 33.6 Å². The van der Waals surface area contributed by atoms with Crippen LogP contribution in [0.2, 0.25) is 0 Å². The summed E-state index contributed by atoms with van der Waals surface area (Å²) in [7, 11) is 2.57. The molecule has 0 saturated carbocycles. The van der Waals surface area contributed by atoms with E-state index >= 15 is 0 Å². The van der Waals surface area contributed by atoms with Crippen molar-refractivity contribution in [3.05, 3.63) is 0 Å². The Morgan fingerprint density at radius 3 is 2.36 bits per heavy atom. The first kappa shape index (κ1) is 18.2. The van der Waals surface area contributed by atoms with Gasteiger partial charge >= 0.3 is 12.1 Å². The second-order valence-electron chi connectivity index (χ2n) is 5.97. The molecular formula is C14H24N2O6. The molecule has 1 N–H and O–H groups in total. The third kappa shape index (κ3) is 4.87. The van der Waals surface area contributed by atoms with Crippen molar-refractivity contribution in [2.24, 2.45) is 0 Å². The van der Waals surface area contributed by atoms with Gasteiger partial charge in [-0.25, -0.2) is 9.59 Å². The Labute approximate surface area is 130 Å². The smallest absolute Gasteiger partial charge is 0.410 e. The summed E-state index contributed by atoms with van der Waals surface area (Å²) in [6.45, 7) is 5.55. The lowest BCUT2D eigenvalue weighted by Gasteiger charge is -2.28. The van der Waals surface area contributed by atoms with Crippen LogP contribution in [0.3, 0.4) is 0 Å². The maximum atomic E-state index is 12.4. The molecule has 0 aromatic carbocycles. The number of methoxy groups -OCH3 is 2. The topological polar surface area (TPSA) is 94.2 Å². The van der Waals surface area contributed by atoms with Gasteiger partial charge in [-0.15, -0.1) is 0 Å². The lowest BCUT2D eigenvalue weighted by atomic mass is 10.2. The quantitative estimate of drug-likeness (QED) is 0.604. The Hall–Kier alpha value is -1.83. The van der Waals surface area contributed by atoms with Crippen molar-refractivity contribution < 1.29 is 28.6 Å². The van der Waals surface area contributed by atoms with E-state index in [1.807, 2.05) is 0 Å². The van der Waals surface area contributed by atoms with Gasteiger partial charge in [0.15, 0.2) is 0 Å². The molecule has 22 heavy (non-hydrogen) atoms. The highest BCUT2D eigenvalue weighted by atomic mass is 16.6. The van der Waals surface area contributed by atoms with Gasteiger partial charge in [-0.3, -0.25) is 10.1 Å². The number of ether oxygens (including phenoxy) is 3. The van der Waals surface area contributed by atoms with Crippen LogP contribution in [0.15, 0.2) is 0 Å². The van der Waals surface area contributed by atoms with Crippen molar-refractivity contribution in [2.45, 2.75) is 51.5 Å². The number of likely N-dealkylation sites (tertiary alicyclic amines) is 1. The van der Waals surface area contributed by atoms with Gasteiger partial charge in [0.05, 0.1) is 7.11 Å². The first-order chi connectivity index (χ1) is 10.2. The van der Waals surface area contributed by atoms with E-state index < -0.39 is 35.8 Å². The minimum atomic E-state index is -1.21. The monoisotopic (exact) mass is 316 g/mol. The molecule has 1 unspecified atom stereocenters. The molecule has 2 amide bonds. The molecule has 1 aliphatic rings. The zero-order valence-corrected chi connectivity index (χ0v) is 13.7. The average molecular weight is 316 g/mol. The lowest BCUT2D eigenvalue weighted by molar-refractivity contribution is -0.155. The molecule has 0 aromatic heterocycles. The third-order valence-corrected chi connectivity index (χ3v) is 3.12. The molecule has 8 heteroatoms. The fraction of sp³-hybridized carbons (Fsp3) is 0.786. The zero-order chi connectivity index (χ0) is 16.9. The van der Waals surface area contributed by atoms with Crippen LogP contribution < -0.4 is 5.32 Å². The van der Waals surface area contributed by atoms with Gasteiger partial charge < -0.3 is 19.1 Å². The van der Waals surface area contributed by atoms with Crippen LogP contribution in [0, 0.1) is 0 Å². The fourth-order valence-corrected chi connectivity index (χ4v) is 2.20. The number of nitrogens with zero attached hydrogens (tertiary/aromatic N) is 1. The maximum Gasteiger partial charge on any atom is 0.410 e. The highest BCUT2D eigenvalue weighted by Crippen LogP contribution is 2.19. The Balaban J connectivity index is 2.71. The molecular weight excluding hydrogens is 292 g/mol. The summed E-state index contributed by atoms with van der Waals surface area (Å²) in [4.78, 5) is 37.2. The van der Waals surface area contributed by atoms with E-state index in [1.54, 1.807) is 20.8 Å². The number of alkyl carbamates (subject to hydrolysis) is 1. The molecule has 126 valence electrons. The fourth-order valence-electron chi connectivity index (χ4n) is 2.20. The van der Waals surface area contributed by atoms with E-state index in [0.717, 1.165) is 0 Å². The van der Waals surface area contributed by atoms with Gasteiger partial charge in [0, 0.05) is 13.7 Å². The molecule has 0 aromatic rings. The number of carbonyl (C=O) groups excluding carboxylic acids is 3. The Morgan fingerprint density at radius 1 is 1.23 bits per heavy atom. The highest BCUT2D eigenvalue weighted by molar-refractivity contribution is 5.89. The van der Waals surface area contributed by atoms with Crippen molar-refractivity contribution in [1.82, 2.24) is 10.2 Å². The van der Waals surface area contributed by atoms with E-state index in [9.17, 15) is 14.4 Å². The molecule has 1 saturated heterocycles. The zero-order valence-electron chi connectivity index (χ0n) is 13.7. The second kappa shape index (κ2) is 7.44. The first-order valence-corrected chi connectivity index (χ1v) is 7.10. The number of nitrogens with one attached hydrogen (secondary N) is 1. The minimum Gasteiger partial charge on any atom is -0.467 e. The maximum absolute atomic E-state index is 12.4. The number of rotatable bonds is 4. The third-order valence-electron chi connectivity index (χ3n) is 3.12. The summed E-state index contributed by atoms with van der Waals surface area (Å²) in [5.41, 5.74) is -0.687. The second-order valence-corrected chi connectivity index (χ2v) is 5.97. The molecule has 2 atom stereocenters. The van der Waals surface area contributed by atoms with E-state index in [-0.39, 0.29) is 0 Å². The van der Waals surface area contributed by atoms with Crippen LogP contribution >= 0.6 is 0 Å². The van der Waals surface area contributed by atoms with Crippen LogP contribution in [-0.2, 0) is 23.8 Å². The van der Waals surface area contributed by atoms with Gasteiger partial charge in [0.25, 0.3) is 5.91 Å². The molecule has 0 spiro atoms. The van der Waals surface area contributed by atoms with Crippen LogP contribution in [0.5, 0.6) is 0 Å². The van der Waals surface area contributed by atoms with Gasteiger partial charge in [0.2, 0.25) is 6.23 Å². The molecule has 1 fully saturated rings. The van der Waals surface area contributed by atoms with E-state index in [4.69, 9.17) is 9.47 Å². The SMILES string of the molecule is COC(=O)[C@@H]1CCCN1C(=O)C(NC(=O)OC(C)(C)C)OC. The number of hydrogen-bond donors (Lipinski definition) is 1. The highest BCUT2D eigenvalue weighted by Gasteiger charge is 2.38. The average Bonchev–Trinajstić information content (AvgIpc) is 2.90. The lowest BCUT2D eigenvalue weighted by Crippen LogP contribution is -2.53. The van der Waals surface area contributed by atoms with Crippen molar-refractivity contribution in [2.75, 3.05) is 20.8 Å². The normalized spacial score (nSPS) is 19.5. The number of hydrogen-bond acceptors (Lipinski definition) is 6. The summed E-state index contributed by atoms with van der Waals surface area (Å²) < 4.78 is 14.8. The van der Waals surface area contributed by atoms with Crippen LogP contribution in [0.4, 0.5) is 4.79 Å². The number of carbonyl (C=O) groups is 3. The molecule has 0 bridgehead atoms. The van der Waals surface area contributed by atoms with E-state index in [1.165, 1.54) is 19.1 Å². The first-order valence-electron chi connectivity index (χ1n) is 7.10. The summed E-state index contributed by atoms with van der Waals surface area (Å²) in [6.07, 6.45) is -0.753. The van der Waals surface area contributed by atoms with Gasteiger partial charge in [-0.2, -0.15) is 0 Å². The summed E-state index contributed by atoms with van der Waals surface area (Å²) in [5.74, 6) is -0.973. The van der Waals surface area contributed by atoms with Gasteiger partial charge in [-0.05, 0) is 33.6 Å². The summed E-state index contributed by atoms with van der Waals surface area (Å²) >= 11 is 0. The van der Waals surface area contributed by atoms with E-state index in [2.05, 4.69) is 10.1 Å². The van der Waals surface area contributed by atoms with Crippen LogP contribution in [-0.4, -0.2) is 61.5 Å². The largest absolute Gasteiger partial charge is 0.467 e. The van der Waals surface area contributed by atoms with Gasteiger partial charge in [-0.1, -0.05) is 0 Å². The van der Waals surface area contributed by atoms with Crippen molar-refractivity contribution in [3.63, 3.8) is 0 Å². The number of esters is 1. The standard InChI is InChI=1S/C14H24N2O6/c1-14(2,3)22-13(19)15-10(20-4)11(17)16-8-6-7-9(16)12(18)21-5/h9-10H,6-8H2,1-5H3,(H,15,19)/t9-,10?/m0/s1. The Morgan fingerprint density at radius 2 is 1.86 bits per heavy atom. The molecule has 8 nitrogen and oxygen atoms in total. The van der Waals surface area contributed by atoms with Crippen molar-refractivity contribution in [3.8, 4) is 0 Å². The predicted molar refractivity (Wildman–Crippen MR) is 76.9 cm³/mol. The number of amides is 2. The van der Waals surface area contributed by atoms with Crippen molar-refractivity contribution in [1.29, 1.82) is 0 Å².